The van der Waals surface area contributed by atoms with Gasteiger partial charge in [-0.15, -0.1) is 0 Å². The molecule has 0 unspecified atom stereocenters. The summed E-state index contributed by atoms with van der Waals surface area (Å²) in [5.74, 6) is -0.348. The topological polar surface area (TPSA) is 41.3 Å². The van der Waals surface area contributed by atoms with Gasteiger partial charge in [-0.1, -0.05) is 23.2 Å². The van der Waals surface area contributed by atoms with Gasteiger partial charge >= 0.3 is 0 Å². The van der Waals surface area contributed by atoms with Gasteiger partial charge in [0.25, 0.3) is 0 Å². The number of hydrogen-bond acceptors (Lipinski definition) is 3. The van der Waals surface area contributed by atoms with Gasteiger partial charge in [-0.3, -0.25) is 9.58 Å². The van der Waals surface area contributed by atoms with E-state index in [0.717, 1.165) is 12.2 Å². The Morgan fingerprint density at radius 1 is 1.29 bits per heavy atom. The Bertz CT molecular complexity index is 674. The summed E-state index contributed by atoms with van der Waals surface area (Å²) in [6.45, 7) is 2.39. The van der Waals surface area contributed by atoms with E-state index < -0.39 is 0 Å². The van der Waals surface area contributed by atoms with Gasteiger partial charge in [-0.05, 0) is 18.2 Å². The summed E-state index contributed by atoms with van der Waals surface area (Å²) >= 11 is 12.0. The minimum absolute atomic E-state index is 0.0747. The van der Waals surface area contributed by atoms with E-state index in [1.807, 2.05) is 10.7 Å². The first-order valence-electron chi connectivity index (χ1n) is 6.59. The maximum absolute atomic E-state index is 13.9. The molecule has 2 aromatic rings. The smallest absolute Gasteiger partial charge is 0.129 e. The van der Waals surface area contributed by atoms with Crippen molar-refractivity contribution >= 4 is 23.2 Å². The van der Waals surface area contributed by atoms with Gasteiger partial charge in [0.15, 0.2) is 0 Å². The molecule has 21 heavy (non-hydrogen) atoms. The van der Waals surface area contributed by atoms with Gasteiger partial charge in [-0.2, -0.15) is 5.10 Å². The van der Waals surface area contributed by atoms with Crippen molar-refractivity contribution < 1.29 is 9.50 Å². The molecule has 4 nitrogen and oxygen atoms in total. The molecular formula is C14H14Cl2FN3O. The second-order valence-corrected chi connectivity index (χ2v) is 5.83. The van der Waals surface area contributed by atoms with E-state index >= 15 is 0 Å². The van der Waals surface area contributed by atoms with Crippen molar-refractivity contribution in [1.29, 1.82) is 0 Å². The number of nitrogens with zero attached hydrogens (tertiary/aromatic N) is 3. The Morgan fingerprint density at radius 3 is 2.86 bits per heavy atom. The average Bonchev–Trinajstić information content (AvgIpc) is 2.90. The maximum atomic E-state index is 13.9. The first-order chi connectivity index (χ1) is 10.1. The summed E-state index contributed by atoms with van der Waals surface area (Å²) in [6.07, 6.45) is 0. The van der Waals surface area contributed by atoms with Crippen LogP contribution in [0.5, 0.6) is 0 Å². The number of hydrogen-bond donors (Lipinski definition) is 1. The third-order valence-corrected chi connectivity index (χ3v) is 4.45. The molecule has 0 radical (unpaired) electrons. The van der Waals surface area contributed by atoms with Crippen LogP contribution in [-0.2, 0) is 26.2 Å². The lowest BCUT2D eigenvalue weighted by atomic mass is 10.1. The molecule has 0 fully saturated rings. The lowest BCUT2D eigenvalue weighted by molar-refractivity contribution is 0.202. The van der Waals surface area contributed by atoms with Crippen LogP contribution in [0.2, 0.25) is 10.0 Å². The molecule has 0 atom stereocenters. The summed E-state index contributed by atoms with van der Waals surface area (Å²) in [4.78, 5) is 2.08. The fourth-order valence-electron chi connectivity index (χ4n) is 2.53. The standard InChI is InChI=1S/C14H14Cl2FN3O/c15-12-1-2-13(17)11(14(12)16)7-19-3-4-20-10(6-19)5-9(8-21)18-20/h1-2,5,21H,3-4,6-8H2. The molecular weight excluding hydrogens is 316 g/mol. The monoisotopic (exact) mass is 329 g/mol. The lowest BCUT2D eigenvalue weighted by Crippen LogP contribution is -2.33. The largest absolute Gasteiger partial charge is 0.390 e. The van der Waals surface area contributed by atoms with Gasteiger partial charge in [0.2, 0.25) is 0 Å². The number of halogens is 3. The minimum atomic E-state index is -0.348. The molecule has 0 saturated carbocycles. The number of fused-ring (bicyclic) bond motifs is 1. The van der Waals surface area contributed by atoms with E-state index in [9.17, 15) is 4.39 Å². The Morgan fingerprint density at radius 2 is 2.10 bits per heavy atom. The highest BCUT2D eigenvalue weighted by molar-refractivity contribution is 6.42. The van der Waals surface area contributed by atoms with Crippen LogP contribution in [-0.4, -0.2) is 26.3 Å². The summed E-state index contributed by atoms with van der Waals surface area (Å²) in [5.41, 5.74) is 2.07. The number of benzene rings is 1. The number of aromatic nitrogens is 2. The normalized spacial score (nSPS) is 15.2. The summed E-state index contributed by atoms with van der Waals surface area (Å²) in [6, 6.07) is 4.66. The Balaban J connectivity index is 1.80. The Kier molecular flexibility index (Phi) is 4.17. The zero-order valence-corrected chi connectivity index (χ0v) is 12.7. The van der Waals surface area contributed by atoms with Crippen LogP contribution in [0.4, 0.5) is 4.39 Å². The molecule has 0 bridgehead atoms. The molecule has 112 valence electrons. The quantitative estimate of drug-likeness (QED) is 0.880. The summed E-state index contributed by atoms with van der Waals surface area (Å²) < 4.78 is 15.8. The first kappa shape index (κ1) is 14.8. The van der Waals surface area contributed by atoms with E-state index in [4.69, 9.17) is 28.3 Å². The fraction of sp³-hybridized carbons (Fsp3) is 0.357. The van der Waals surface area contributed by atoms with E-state index in [-0.39, 0.29) is 17.4 Å². The van der Waals surface area contributed by atoms with E-state index in [0.29, 0.717) is 35.9 Å². The van der Waals surface area contributed by atoms with Crippen molar-refractivity contribution in [2.24, 2.45) is 0 Å². The van der Waals surface area contributed by atoms with Crippen molar-refractivity contribution in [2.75, 3.05) is 6.54 Å². The van der Waals surface area contributed by atoms with Crippen molar-refractivity contribution in [2.45, 2.75) is 26.2 Å². The fourth-order valence-corrected chi connectivity index (χ4v) is 2.92. The van der Waals surface area contributed by atoms with Gasteiger partial charge in [0, 0.05) is 25.2 Å². The third-order valence-electron chi connectivity index (χ3n) is 3.61. The van der Waals surface area contributed by atoms with Crippen LogP contribution in [0, 0.1) is 5.82 Å². The molecule has 0 aliphatic carbocycles. The molecule has 0 amide bonds. The predicted octanol–water partition coefficient (Wildman–Crippen LogP) is 2.84. The van der Waals surface area contributed by atoms with Gasteiger partial charge in [0.05, 0.1) is 34.6 Å². The van der Waals surface area contributed by atoms with Gasteiger partial charge in [-0.25, -0.2) is 4.39 Å². The molecule has 3 rings (SSSR count). The Labute approximate surface area is 131 Å². The zero-order valence-electron chi connectivity index (χ0n) is 11.2. The van der Waals surface area contributed by atoms with E-state index in [2.05, 4.69) is 10.00 Å². The first-order valence-corrected chi connectivity index (χ1v) is 7.35. The van der Waals surface area contributed by atoms with Crippen LogP contribution in [0.15, 0.2) is 18.2 Å². The molecule has 1 N–H and O–H groups in total. The molecule has 1 aliphatic rings. The van der Waals surface area contributed by atoms with Crippen LogP contribution in [0.25, 0.3) is 0 Å². The van der Waals surface area contributed by atoms with Crippen molar-refractivity contribution in [3.63, 3.8) is 0 Å². The van der Waals surface area contributed by atoms with Crippen LogP contribution in [0.1, 0.15) is 17.0 Å². The minimum Gasteiger partial charge on any atom is -0.390 e. The summed E-state index contributed by atoms with van der Waals surface area (Å²) in [5, 5.41) is 14.0. The maximum Gasteiger partial charge on any atom is 0.129 e. The SMILES string of the molecule is OCc1cc2n(n1)CCN(Cc1c(F)ccc(Cl)c1Cl)C2. The Hall–Kier alpha value is -1.14. The second kappa shape index (κ2) is 5.93. The van der Waals surface area contributed by atoms with Gasteiger partial charge < -0.3 is 5.11 Å². The van der Waals surface area contributed by atoms with Gasteiger partial charge in [0.1, 0.15) is 5.82 Å². The molecule has 1 aliphatic heterocycles. The molecule has 2 heterocycles. The lowest BCUT2D eigenvalue weighted by Gasteiger charge is -2.28. The highest BCUT2D eigenvalue weighted by Crippen LogP contribution is 2.29. The molecule has 1 aromatic carbocycles. The van der Waals surface area contributed by atoms with Crippen LogP contribution >= 0.6 is 23.2 Å². The number of aliphatic hydroxyl groups excluding tert-OH is 1. The van der Waals surface area contributed by atoms with Crippen molar-refractivity contribution in [3.05, 3.63) is 51.0 Å². The molecule has 0 spiro atoms. The van der Waals surface area contributed by atoms with E-state index in [1.54, 1.807) is 0 Å². The predicted molar refractivity (Wildman–Crippen MR) is 78.7 cm³/mol. The second-order valence-electron chi connectivity index (χ2n) is 5.04. The van der Waals surface area contributed by atoms with Crippen LogP contribution in [0.3, 0.4) is 0 Å². The highest BCUT2D eigenvalue weighted by Gasteiger charge is 2.21. The van der Waals surface area contributed by atoms with Crippen LogP contribution < -0.4 is 0 Å². The van der Waals surface area contributed by atoms with Crippen molar-refractivity contribution in [1.82, 2.24) is 14.7 Å². The third kappa shape index (κ3) is 2.92. The van der Waals surface area contributed by atoms with E-state index in [1.165, 1.54) is 12.1 Å². The highest BCUT2D eigenvalue weighted by atomic mass is 35.5. The number of rotatable bonds is 3. The number of aliphatic hydroxyl groups is 1. The molecule has 7 heteroatoms. The van der Waals surface area contributed by atoms with Crippen molar-refractivity contribution in [3.8, 4) is 0 Å². The summed E-state index contributed by atoms with van der Waals surface area (Å²) in [7, 11) is 0. The zero-order chi connectivity index (χ0) is 15.0. The molecule has 1 aromatic heterocycles. The molecule has 0 saturated heterocycles. The average molecular weight is 330 g/mol.